The van der Waals surface area contributed by atoms with Crippen molar-refractivity contribution in [2.24, 2.45) is 0 Å². The summed E-state index contributed by atoms with van der Waals surface area (Å²) in [6, 6.07) is 16.7. The summed E-state index contributed by atoms with van der Waals surface area (Å²) in [5, 5.41) is 12.0. The number of aliphatic carboxylic acids is 1. The smallest absolute Gasteiger partial charge is 0.341 e. The van der Waals surface area contributed by atoms with Crippen molar-refractivity contribution < 1.29 is 28.6 Å². The van der Waals surface area contributed by atoms with E-state index in [1.54, 1.807) is 60.7 Å². The van der Waals surface area contributed by atoms with E-state index in [1.165, 1.54) is 0 Å². The van der Waals surface area contributed by atoms with Crippen molar-refractivity contribution in [3.63, 3.8) is 0 Å². The standard InChI is InChI=1S/C23H16Cl2N2O6.C2H6/c24-16-2-1-3-19(22(16)25)32-11-20(28)26-14-6-9-18-17(10-14)27-23(33-18)13-4-7-15(8-5-13)31-12-21(29)30;1-2/h1-10H,11-12H2,(H,26,28)(H,29,30);1-2H3. The van der Waals surface area contributed by atoms with Crippen LogP contribution >= 0.6 is 23.2 Å². The van der Waals surface area contributed by atoms with Crippen LogP contribution in [-0.2, 0) is 9.59 Å². The average molecular weight is 517 g/mol. The van der Waals surface area contributed by atoms with Crippen molar-refractivity contribution in [1.29, 1.82) is 0 Å². The Kier molecular flexibility index (Phi) is 8.94. The highest BCUT2D eigenvalue weighted by atomic mass is 35.5. The van der Waals surface area contributed by atoms with Gasteiger partial charge in [0.2, 0.25) is 5.89 Å². The van der Waals surface area contributed by atoms with Crippen LogP contribution in [0.2, 0.25) is 10.0 Å². The summed E-state index contributed by atoms with van der Waals surface area (Å²) in [6.45, 7) is 3.33. The van der Waals surface area contributed by atoms with Crippen molar-refractivity contribution in [2.75, 3.05) is 18.5 Å². The maximum atomic E-state index is 12.3. The van der Waals surface area contributed by atoms with Gasteiger partial charge in [0.05, 0.1) is 5.02 Å². The second kappa shape index (κ2) is 12.1. The summed E-state index contributed by atoms with van der Waals surface area (Å²) < 4.78 is 16.3. The lowest BCUT2D eigenvalue weighted by Crippen LogP contribution is -2.20. The fraction of sp³-hybridized carbons (Fsp3) is 0.160. The topological polar surface area (TPSA) is 111 Å². The molecule has 2 N–H and O–H groups in total. The number of carboxylic acid groups (broad SMARTS) is 1. The zero-order valence-corrected chi connectivity index (χ0v) is 20.4. The molecule has 0 spiro atoms. The Labute approximate surface area is 211 Å². The molecule has 3 aromatic carbocycles. The SMILES string of the molecule is CC.O=C(O)COc1ccc(-c2nc3cc(NC(=O)COc4cccc(Cl)c4Cl)ccc3o2)cc1. The number of fused-ring (bicyclic) bond motifs is 1. The van der Waals surface area contributed by atoms with Gasteiger partial charge in [0.25, 0.3) is 5.91 Å². The minimum atomic E-state index is -1.05. The van der Waals surface area contributed by atoms with Crippen molar-refractivity contribution in [1.82, 2.24) is 4.98 Å². The van der Waals surface area contributed by atoms with Crippen LogP contribution in [0.3, 0.4) is 0 Å². The summed E-state index contributed by atoms with van der Waals surface area (Å²) in [4.78, 5) is 27.3. The molecule has 1 aromatic heterocycles. The molecule has 1 heterocycles. The Bertz CT molecular complexity index is 1320. The monoisotopic (exact) mass is 516 g/mol. The van der Waals surface area contributed by atoms with E-state index in [0.29, 0.717) is 44.8 Å². The van der Waals surface area contributed by atoms with Crippen LogP contribution in [0.1, 0.15) is 13.8 Å². The third-order valence-corrected chi connectivity index (χ3v) is 5.21. The van der Waals surface area contributed by atoms with Crippen molar-refractivity contribution >= 4 is 51.9 Å². The summed E-state index contributed by atoms with van der Waals surface area (Å²) in [6.07, 6.45) is 0. The number of hydrogen-bond acceptors (Lipinski definition) is 6. The van der Waals surface area contributed by atoms with E-state index in [2.05, 4.69) is 10.3 Å². The average Bonchev–Trinajstić information content (AvgIpc) is 3.28. The molecule has 0 unspecified atom stereocenters. The Morgan fingerprint density at radius 3 is 2.46 bits per heavy atom. The van der Waals surface area contributed by atoms with Gasteiger partial charge in [-0.3, -0.25) is 4.79 Å². The van der Waals surface area contributed by atoms with Crippen LogP contribution < -0.4 is 14.8 Å². The van der Waals surface area contributed by atoms with E-state index in [9.17, 15) is 9.59 Å². The van der Waals surface area contributed by atoms with E-state index in [4.69, 9.17) is 42.2 Å². The number of ether oxygens (including phenoxy) is 2. The quantitative estimate of drug-likeness (QED) is 0.282. The van der Waals surface area contributed by atoms with Crippen LogP contribution in [0.4, 0.5) is 5.69 Å². The number of carboxylic acids is 1. The zero-order chi connectivity index (χ0) is 25.4. The molecule has 0 fully saturated rings. The molecule has 0 saturated carbocycles. The molecule has 4 rings (SSSR count). The Hall–Kier alpha value is -3.75. The number of aromatic nitrogens is 1. The lowest BCUT2D eigenvalue weighted by Gasteiger charge is -2.09. The largest absolute Gasteiger partial charge is 0.482 e. The van der Waals surface area contributed by atoms with E-state index in [0.717, 1.165) is 0 Å². The van der Waals surface area contributed by atoms with Gasteiger partial charge < -0.3 is 24.3 Å². The summed E-state index contributed by atoms with van der Waals surface area (Å²) >= 11 is 12.0. The van der Waals surface area contributed by atoms with Gasteiger partial charge in [-0.2, -0.15) is 0 Å². The number of rotatable bonds is 8. The second-order valence-electron chi connectivity index (χ2n) is 6.80. The molecule has 182 valence electrons. The molecule has 8 nitrogen and oxygen atoms in total. The molecule has 0 aliphatic heterocycles. The first kappa shape index (κ1) is 25.9. The van der Waals surface area contributed by atoms with Gasteiger partial charge in [-0.25, -0.2) is 9.78 Å². The minimum Gasteiger partial charge on any atom is -0.482 e. The predicted octanol–water partition coefficient (Wildman–Crippen LogP) is 6.31. The maximum absolute atomic E-state index is 12.3. The molecule has 1 amide bonds. The van der Waals surface area contributed by atoms with Gasteiger partial charge in [0, 0.05) is 11.3 Å². The molecule has 0 atom stereocenters. The van der Waals surface area contributed by atoms with E-state index in [1.807, 2.05) is 13.8 Å². The highest BCUT2D eigenvalue weighted by Crippen LogP contribution is 2.31. The first-order chi connectivity index (χ1) is 16.9. The summed E-state index contributed by atoms with van der Waals surface area (Å²) in [5.41, 5.74) is 2.29. The van der Waals surface area contributed by atoms with Crippen molar-refractivity contribution in [3.05, 3.63) is 70.7 Å². The van der Waals surface area contributed by atoms with Gasteiger partial charge in [-0.15, -0.1) is 0 Å². The molecule has 0 bridgehead atoms. The number of carbonyl (C=O) groups is 2. The number of oxazole rings is 1. The number of nitrogens with one attached hydrogen (secondary N) is 1. The third kappa shape index (κ3) is 6.88. The van der Waals surface area contributed by atoms with Crippen LogP contribution in [0.15, 0.2) is 65.1 Å². The molecule has 4 aromatic rings. The van der Waals surface area contributed by atoms with E-state index >= 15 is 0 Å². The minimum absolute atomic E-state index is 0.241. The highest BCUT2D eigenvalue weighted by molar-refractivity contribution is 6.42. The number of amides is 1. The molecular weight excluding hydrogens is 495 g/mol. The number of halogens is 2. The number of anilines is 1. The highest BCUT2D eigenvalue weighted by Gasteiger charge is 2.12. The van der Waals surface area contributed by atoms with Crippen LogP contribution in [0.5, 0.6) is 11.5 Å². The van der Waals surface area contributed by atoms with Gasteiger partial charge >= 0.3 is 5.97 Å². The molecular formula is C25H22Cl2N2O6. The number of hydrogen-bond donors (Lipinski definition) is 2. The van der Waals surface area contributed by atoms with E-state index in [-0.39, 0.29) is 17.5 Å². The molecule has 35 heavy (non-hydrogen) atoms. The number of benzene rings is 3. The van der Waals surface area contributed by atoms with Crippen molar-refractivity contribution in [3.8, 4) is 23.0 Å². The van der Waals surface area contributed by atoms with Crippen molar-refractivity contribution in [2.45, 2.75) is 13.8 Å². The third-order valence-electron chi connectivity index (χ3n) is 4.41. The molecule has 0 aliphatic rings. The molecule has 0 aliphatic carbocycles. The summed E-state index contributed by atoms with van der Waals surface area (Å²) in [5.74, 6) is -0.331. The lowest BCUT2D eigenvalue weighted by molar-refractivity contribution is -0.139. The number of nitrogens with zero attached hydrogens (tertiary/aromatic N) is 1. The molecule has 0 saturated heterocycles. The van der Waals surface area contributed by atoms with E-state index < -0.39 is 12.6 Å². The molecule has 0 radical (unpaired) electrons. The van der Waals surface area contributed by atoms with Crippen LogP contribution in [0, 0.1) is 0 Å². The Morgan fingerprint density at radius 2 is 1.74 bits per heavy atom. The maximum Gasteiger partial charge on any atom is 0.341 e. The predicted molar refractivity (Wildman–Crippen MR) is 135 cm³/mol. The normalized spacial score (nSPS) is 10.3. The second-order valence-corrected chi connectivity index (χ2v) is 7.58. The summed E-state index contributed by atoms with van der Waals surface area (Å²) in [7, 11) is 0. The molecule has 10 heteroatoms. The fourth-order valence-corrected chi connectivity index (χ4v) is 3.25. The van der Waals surface area contributed by atoms with Gasteiger partial charge in [-0.1, -0.05) is 43.1 Å². The Morgan fingerprint density at radius 1 is 1.00 bits per heavy atom. The van der Waals surface area contributed by atoms with Gasteiger partial charge in [0.15, 0.2) is 18.8 Å². The van der Waals surface area contributed by atoms with Crippen LogP contribution in [0.25, 0.3) is 22.6 Å². The van der Waals surface area contributed by atoms with Crippen LogP contribution in [-0.4, -0.2) is 35.2 Å². The number of carbonyl (C=O) groups excluding carboxylic acids is 1. The first-order valence-electron chi connectivity index (χ1n) is 10.6. The Balaban J connectivity index is 0.00000167. The van der Waals surface area contributed by atoms with Gasteiger partial charge in [-0.05, 0) is 54.6 Å². The zero-order valence-electron chi connectivity index (χ0n) is 18.9. The van der Waals surface area contributed by atoms with Gasteiger partial charge in [0.1, 0.15) is 22.0 Å². The lowest BCUT2D eigenvalue weighted by atomic mass is 10.2. The first-order valence-corrected chi connectivity index (χ1v) is 11.4. The fourth-order valence-electron chi connectivity index (χ4n) is 2.90.